The molecule has 0 unspecified atom stereocenters. The van der Waals surface area contributed by atoms with Gasteiger partial charge in [-0.3, -0.25) is 4.79 Å². The summed E-state index contributed by atoms with van der Waals surface area (Å²) in [5.41, 5.74) is 5.18. The van der Waals surface area contributed by atoms with Crippen molar-refractivity contribution in [1.29, 1.82) is 0 Å². The number of ketones is 1. The average molecular weight is 200 g/mol. The Hall–Kier alpha value is -0.410. The van der Waals surface area contributed by atoms with E-state index in [9.17, 15) is 4.79 Å². The third-order valence-corrected chi connectivity index (χ3v) is 1.90. The first-order valence-corrected chi connectivity index (χ1v) is 5.10. The lowest BCUT2D eigenvalue weighted by Gasteiger charge is -2.30. The van der Waals surface area contributed by atoms with Crippen LogP contribution in [0.1, 0.15) is 41.5 Å². The maximum absolute atomic E-state index is 11.9. The van der Waals surface area contributed by atoms with E-state index in [4.69, 9.17) is 5.73 Å². The number of carbonyl (C=O) groups is 1. The highest BCUT2D eigenvalue weighted by molar-refractivity contribution is 5.89. The molecule has 0 amide bonds. The number of carbonyl (C=O) groups excluding carboxylic acids is 1. The lowest BCUT2D eigenvalue weighted by molar-refractivity contribution is -0.128. The summed E-state index contributed by atoms with van der Waals surface area (Å²) in [5.74, 6) is 0.176. The molecule has 84 valence electrons. The Morgan fingerprint density at radius 3 is 1.86 bits per heavy atom. The molecule has 0 bridgehead atoms. The molecule has 0 radical (unpaired) electrons. The molecule has 1 atom stereocenters. The molecule has 3 nitrogen and oxygen atoms in total. The van der Waals surface area contributed by atoms with E-state index in [1.165, 1.54) is 0 Å². The minimum Gasteiger partial charge on any atom is -0.328 e. The van der Waals surface area contributed by atoms with Crippen LogP contribution in [0.4, 0.5) is 0 Å². The van der Waals surface area contributed by atoms with Gasteiger partial charge in [0.2, 0.25) is 0 Å². The van der Waals surface area contributed by atoms with Gasteiger partial charge >= 0.3 is 0 Å². The molecule has 0 spiro atoms. The molecule has 0 saturated heterocycles. The zero-order valence-corrected chi connectivity index (χ0v) is 10.3. The highest BCUT2D eigenvalue weighted by Crippen LogP contribution is 2.17. The first kappa shape index (κ1) is 13.6. The quantitative estimate of drug-likeness (QED) is 0.722. The number of nitrogens with one attached hydrogen (secondary N) is 1. The summed E-state index contributed by atoms with van der Waals surface area (Å²) in [6.07, 6.45) is 0. The summed E-state index contributed by atoms with van der Waals surface area (Å²) >= 11 is 0. The van der Waals surface area contributed by atoms with Crippen LogP contribution in [0.2, 0.25) is 0 Å². The van der Waals surface area contributed by atoms with E-state index in [1.54, 1.807) is 0 Å². The van der Waals surface area contributed by atoms with E-state index in [0.717, 1.165) is 0 Å². The molecule has 0 heterocycles. The van der Waals surface area contributed by atoms with Crippen molar-refractivity contribution in [2.75, 3.05) is 6.54 Å². The van der Waals surface area contributed by atoms with Crippen LogP contribution in [0.25, 0.3) is 0 Å². The molecular formula is C11H24N2O. The van der Waals surface area contributed by atoms with Crippen molar-refractivity contribution in [3.8, 4) is 0 Å². The molecule has 0 aromatic heterocycles. The van der Waals surface area contributed by atoms with Crippen molar-refractivity contribution < 1.29 is 4.79 Å². The predicted octanol–water partition coefficient (Wildman–Crippen LogP) is 1.32. The Kier molecular flexibility index (Phi) is 4.28. The maximum atomic E-state index is 11.9. The molecule has 0 fully saturated rings. The van der Waals surface area contributed by atoms with Crippen LogP contribution in [0.5, 0.6) is 0 Å². The molecule has 14 heavy (non-hydrogen) atoms. The first-order valence-electron chi connectivity index (χ1n) is 5.10. The molecule has 0 rings (SSSR count). The van der Waals surface area contributed by atoms with Crippen LogP contribution in [-0.4, -0.2) is 23.9 Å². The fourth-order valence-corrected chi connectivity index (χ4v) is 1.28. The number of nitrogens with two attached hydrogens (primary N) is 1. The van der Waals surface area contributed by atoms with Crippen molar-refractivity contribution in [2.24, 2.45) is 11.1 Å². The van der Waals surface area contributed by atoms with Crippen molar-refractivity contribution in [3.63, 3.8) is 0 Å². The smallest absolute Gasteiger partial charge is 0.156 e. The van der Waals surface area contributed by atoms with Crippen LogP contribution >= 0.6 is 0 Å². The molecule has 0 aliphatic rings. The summed E-state index contributed by atoms with van der Waals surface area (Å²) in [6, 6.07) is -0.241. The zero-order valence-electron chi connectivity index (χ0n) is 10.3. The predicted molar refractivity (Wildman–Crippen MR) is 60.2 cm³/mol. The van der Waals surface area contributed by atoms with Gasteiger partial charge in [0.1, 0.15) is 0 Å². The van der Waals surface area contributed by atoms with Crippen LogP contribution in [0.15, 0.2) is 0 Å². The van der Waals surface area contributed by atoms with Gasteiger partial charge in [-0.25, -0.2) is 0 Å². The van der Waals surface area contributed by atoms with E-state index in [-0.39, 0.29) is 22.8 Å². The molecule has 0 saturated carbocycles. The highest BCUT2D eigenvalue weighted by Gasteiger charge is 2.30. The fourth-order valence-electron chi connectivity index (χ4n) is 1.28. The SMILES string of the molecule is CC(C)(C)N[C@@H](CN)C(=O)C(C)(C)C. The number of hydrogen-bond donors (Lipinski definition) is 2. The van der Waals surface area contributed by atoms with Crippen LogP contribution in [-0.2, 0) is 4.79 Å². The van der Waals surface area contributed by atoms with E-state index < -0.39 is 0 Å². The normalized spacial score (nSPS) is 15.4. The molecule has 0 aromatic carbocycles. The monoisotopic (exact) mass is 200 g/mol. The van der Waals surface area contributed by atoms with Crippen molar-refractivity contribution in [3.05, 3.63) is 0 Å². The Labute approximate surface area is 87.4 Å². The second-order valence-corrected chi connectivity index (χ2v) is 5.80. The Balaban J connectivity index is 4.51. The van der Waals surface area contributed by atoms with Crippen molar-refractivity contribution in [1.82, 2.24) is 5.32 Å². The van der Waals surface area contributed by atoms with Gasteiger partial charge in [0, 0.05) is 17.5 Å². The number of hydrogen-bond acceptors (Lipinski definition) is 3. The molecule has 0 aromatic rings. The third-order valence-electron chi connectivity index (χ3n) is 1.90. The average Bonchev–Trinajstić information content (AvgIpc) is 1.95. The summed E-state index contributed by atoms with van der Waals surface area (Å²) < 4.78 is 0. The fraction of sp³-hybridized carbons (Fsp3) is 0.909. The topological polar surface area (TPSA) is 55.1 Å². The summed E-state index contributed by atoms with van der Waals surface area (Å²) in [5, 5.41) is 3.24. The molecule has 3 heteroatoms. The van der Waals surface area contributed by atoms with Gasteiger partial charge < -0.3 is 11.1 Å². The standard InChI is InChI=1S/C11H24N2O/c1-10(2,3)9(14)8(7-12)13-11(4,5)6/h8,13H,7,12H2,1-6H3/t8-/m0/s1. The van der Waals surface area contributed by atoms with Crippen LogP contribution in [0.3, 0.4) is 0 Å². The minimum absolute atomic E-state index is 0.0784. The largest absolute Gasteiger partial charge is 0.328 e. The van der Waals surface area contributed by atoms with Crippen molar-refractivity contribution in [2.45, 2.75) is 53.1 Å². The van der Waals surface area contributed by atoms with Gasteiger partial charge in [-0.05, 0) is 20.8 Å². The summed E-state index contributed by atoms with van der Waals surface area (Å²) in [6.45, 7) is 12.2. The molecule has 0 aliphatic carbocycles. The van der Waals surface area contributed by atoms with Gasteiger partial charge in [-0.1, -0.05) is 20.8 Å². The summed E-state index contributed by atoms with van der Waals surface area (Å²) in [7, 11) is 0. The third kappa shape index (κ3) is 4.72. The van der Waals surface area contributed by atoms with Gasteiger partial charge in [0.05, 0.1) is 6.04 Å². The van der Waals surface area contributed by atoms with Crippen molar-refractivity contribution >= 4 is 5.78 Å². The molecule has 0 aliphatic heterocycles. The number of Topliss-reactive ketones (excluding diaryl/α,β-unsaturated/α-hetero) is 1. The Morgan fingerprint density at radius 2 is 1.64 bits per heavy atom. The van der Waals surface area contributed by atoms with Gasteiger partial charge in [0.15, 0.2) is 5.78 Å². The lowest BCUT2D eigenvalue weighted by atomic mass is 9.85. The second-order valence-electron chi connectivity index (χ2n) is 5.80. The zero-order chi connectivity index (χ0) is 11.6. The number of rotatable bonds is 3. The lowest BCUT2D eigenvalue weighted by Crippen LogP contribution is -2.54. The van der Waals surface area contributed by atoms with Gasteiger partial charge in [0.25, 0.3) is 0 Å². The van der Waals surface area contributed by atoms with E-state index in [0.29, 0.717) is 6.54 Å². The molecular weight excluding hydrogens is 176 g/mol. The molecule has 3 N–H and O–H groups in total. The minimum atomic E-state index is -0.331. The van der Waals surface area contributed by atoms with Gasteiger partial charge in [-0.2, -0.15) is 0 Å². The second kappa shape index (κ2) is 4.41. The van der Waals surface area contributed by atoms with E-state index in [1.807, 2.05) is 41.5 Å². The first-order chi connectivity index (χ1) is 6.08. The Bertz CT molecular complexity index is 198. The maximum Gasteiger partial charge on any atom is 0.156 e. The van der Waals surface area contributed by atoms with E-state index >= 15 is 0 Å². The Morgan fingerprint density at radius 1 is 1.21 bits per heavy atom. The summed E-state index contributed by atoms with van der Waals surface area (Å²) in [4.78, 5) is 11.9. The van der Waals surface area contributed by atoms with E-state index in [2.05, 4.69) is 5.32 Å². The van der Waals surface area contributed by atoms with Crippen LogP contribution in [0, 0.1) is 5.41 Å². The van der Waals surface area contributed by atoms with Crippen LogP contribution < -0.4 is 11.1 Å². The van der Waals surface area contributed by atoms with Gasteiger partial charge in [-0.15, -0.1) is 0 Å². The highest BCUT2D eigenvalue weighted by atomic mass is 16.1.